The van der Waals surface area contributed by atoms with Crippen LogP contribution in [0.3, 0.4) is 0 Å². The molecule has 2 N–H and O–H groups in total. The number of amides is 1. The molecule has 0 radical (unpaired) electrons. The summed E-state index contributed by atoms with van der Waals surface area (Å²) in [5.74, 6) is -0.977. The lowest BCUT2D eigenvalue weighted by atomic mass is 9.95. The number of carbonyl (C=O) groups excluding carboxylic acids is 1. The Balaban J connectivity index is 1.26. The van der Waals surface area contributed by atoms with E-state index in [-0.39, 0.29) is 12.0 Å². The maximum absolute atomic E-state index is 12.5. The Morgan fingerprint density at radius 2 is 1.72 bits per heavy atom. The number of carboxylic acids is 1. The third kappa shape index (κ3) is 7.21. The molecule has 1 aromatic heterocycles. The van der Waals surface area contributed by atoms with Crippen molar-refractivity contribution < 1.29 is 19.4 Å². The molecule has 0 saturated carbocycles. The molecule has 0 saturated heterocycles. The van der Waals surface area contributed by atoms with Gasteiger partial charge in [-0.25, -0.2) is 4.79 Å². The van der Waals surface area contributed by atoms with Gasteiger partial charge >= 0.3 is 5.97 Å². The lowest BCUT2D eigenvalue weighted by Gasteiger charge is -2.16. The SMILES string of the molecule is O=C(NC(Cc1ccc(OCCCc2ccc3c(n2)CCCC3)cc1)C(=O)O)c1cc(Cl)cc(Cl)c1. The minimum absolute atomic E-state index is 0.125. The Bertz CT molecular complexity index is 1210. The molecule has 1 amide bonds. The molecule has 1 atom stereocenters. The van der Waals surface area contributed by atoms with Crippen LogP contribution < -0.4 is 10.1 Å². The van der Waals surface area contributed by atoms with Crippen molar-refractivity contribution in [3.63, 3.8) is 0 Å². The van der Waals surface area contributed by atoms with E-state index in [1.165, 1.54) is 42.3 Å². The van der Waals surface area contributed by atoms with Crippen LogP contribution in [0.5, 0.6) is 5.75 Å². The zero-order valence-electron chi connectivity index (χ0n) is 19.8. The van der Waals surface area contributed by atoms with Crippen LogP contribution in [0.1, 0.15) is 52.1 Å². The van der Waals surface area contributed by atoms with Crippen LogP contribution in [-0.4, -0.2) is 34.6 Å². The number of ether oxygens (including phenoxy) is 1. The number of aryl methyl sites for hydroxylation is 3. The fraction of sp³-hybridized carbons (Fsp3) is 0.321. The lowest BCUT2D eigenvalue weighted by Crippen LogP contribution is -2.42. The van der Waals surface area contributed by atoms with Gasteiger partial charge in [-0.15, -0.1) is 0 Å². The maximum Gasteiger partial charge on any atom is 0.326 e. The predicted molar refractivity (Wildman–Crippen MR) is 140 cm³/mol. The molecular formula is C28H28Cl2N2O4. The number of aromatic nitrogens is 1. The third-order valence-corrected chi connectivity index (χ3v) is 6.61. The number of aliphatic carboxylic acids is 1. The van der Waals surface area contributed by atoms with Crippen molar-refractivity contribution in [3.05, 3.63) is 92.7 Å². The number of hydrogen-bond acceptors (Lipinski definition) is 4. The fourth-order valence-corrected chi connectivity index (χ4v) is 4.82. The molecule has 1 aliphatic carbocycles. The summed E-state index contributed by atoms with van der Waals surface area (Å²) in [5.41, 5.74) is 4.71. The van der Waals surface area contributed by atoms with E-state index in [2.05, 4.69) is 17.4 Å². The zero-order valence-corrected chi connectivity index (χ0v) is 21.3. The molecular weight excluding hydrogens is 499 g/mol. The molecule has 2 aromatic carbocycles. The number of nitrogens with zero attached hydrogens (tertiary/aromatic N) is 1. The van der Waals surface area contributed by atoms with Crippen LogP contribution in [0.2, 0.25) is 10.0 Å². The van der Waals surface area contributed by atoms with Crippen molar-refractivity contribution in [2.75, 3.05) is 6.61 Å². The van der Waals surface area contributed by atoms with Gasteiger partial charge in [0.25, 0.3) is 5.91 Å². The molecule has 188 valence electrons. The van der Waals surface area contributed by atoms with Crippen LogP contribution in [0.15, 0.2) is 54.6 Å². The molecule has 1 heterocycles. The van der Waals surface area contributed by atoms with E-state index in [1.807, 2.05) is 12.1 Å². The molecule has 0 spiro atoms. The van der Waals surface area contributed by atoms with Crippen molar-refractivity contribution >= 4 is 35.1 Å². The van der Waals surface area contributed by atoms with Crippen LogP contribution >= 0.6 is 23.2 Å². The fourth-order valence-electron chi connectivity index (χ4n) is 4.29. The van der Waals surface area contributed by atoms with Gasteiger partial charge in [-0.1, -0.05) is 41.4 Å². The van der Waals surface area contributed by atoms with Crippen LogP contribution in [0.4, 0.5) is 0 Å². The number of pyridine rings is 1. The summed E-state index contributed by atoms with van der Waals surface area (Å²) < 4.78 is 5.85. The van der Waals surface area contributed by atoms with Gasteiger partial charge in [-0.05, 0) is 86.1 Å². The van der Waals surface area contributed by atoms with Gasteiger partial charge in [0.05, 0.1) is 6.61 Å². The summed E-state index contributed by atoms with van der Waals surface area (Å²) in [7, 11) is 0. The topological polar surface area (TPSA) is 88.5 Å². The number of fused-ring (bicyclic) bond motifs is 1. The summed E-state index contributed by atoms with van der Waals surface area (Å²) in [6.45, 7) is 0.564. The number of hydrogen-bond donors (Lipinski definition) is 2. The van der Waals surface area contributed by atoms with Crippen molar-refractivity contribution in [3.8, 4) is 5.75 Å². The summed E-state index contributed by atoms with van der Waals surface area (Å²) in [4.78, 5) is 29.1. The van der Waals surface area contributed by atoms with Crippen molar-refractivity contribution in [2.24, 2.45) is 0 Å². The Morgan fingerprint density at radius 3 is 2.44 bits per heavy atom. The smallest absolute Gasteiger partial charge is 0.326 e. The second kappa shape index (κ2) is 12.2. The monoisotopic (exact) mass is 526 g/mol. The van der Waals surface area contributed by atoms with Crippen molar-refractivity contribution in [1.82, 2.24) is 10.3 Å². The highest BCUT2D eigenvalue weighted by Crippen LogP contribution is 2.21. The van der Waals surface area contributed by atoms with E-state index in [0.717, 1.165) is 36.9 Å². The number of nitrogens with one attached hydrogen (secondary N) is 1. The molecule has 1 aliphatic rings. The van der Waals surface area contributed by atoms with Gasteiger partial charge in [0.15, 0.2) is 0 Å². The summed E-state index contributed by atoms with van der Waals surface area (Å²) in [6, 6.07) is 14.8. The minimum Gasteiger partial charge on any atom is -0.494 e. The lowest BCUT2D eigenvalue weighted by molar-refractivity contribution is -0.139. The molecule has 8 heteroatoms. The van der Waals surface area contributed by atoms with Crippen LogP contribution in [0, 0.1) is 0 Å². The normalized spacial score (nSPS) is 13.5. The summed E-state index contributed by atoms with van der Waals surface area (Å²) >= 11 is 11.9. The van der Waals surface area contributed by atoms with E-state index >= 15 is 0 Å². The highest BCUT2D eigenvalue weighted by Gasteiger charge is 2.21. The number of halogens is 2. The average Bonchev–Trinajstić information content (AvgIpc) is 2.86. The quantitative estimate of drug-likeness (QED) is 0.330. The molecule has 0 bridgehead atoms. The first-order valence-electron chi connectivity index (χ1n) is 12.1. The predicted octanol–water partition coefficient (Wildman–Crippen LogP) is 5.70. The number of rotatable bonds is 10. The van der Waals surface area contributed by atoms with Gasteiger partial charge in [-0.2, -0.15) is 0 Å². The zero-order chi connectivity index (χ0) is 25.5. The van der Waals surface area contributed by atoms with Crippen LogP contribution in [0.25, 0.3) is 0 Å². The van der Waals surface area contributed by atoms with E-state index in [9.17, 15) is 14.7 Å². The third-order valence-electron chi connectivity index (χ3n) is 6.17. The Hall–Kier alpha value is -3.09. The van der Waals surface area contributed by atoms with Crippen molar-refractivity contribution in [2.45, 2.75) is 51.0 Å². The first-order chi connectivity index (χ1) is 17.4. The Kier molecular flexibility index (Phi) is 8.83. The second-order valence-electron chi connectivity index (χ2n) is 8.94. The molecule has 3 aromatic rings. The molecule has 1 unspecified atom stereocenters. The van der Waals surface area contributed by atoms with Gasteiger partial charge in [0.1, 0.15) is 11.8 Å². The second-order valence-corrected chi connectivity index (χ2v) is 9.81. The molecule has 36 heavy (non-hydrogen) atoms. The van der Waals surface area contributed by atoms with Gasteiger partial charge in [0.2, 0.25) is 0 Å². The largest absolute Gasteiger partial charge is 0.494 e. The van der Waals surface area contributed by atoms with E-state index in [4.69, 9.17) is 32.9 Å². The maximum atomic E-state index is 12.5. The first-order valence-corrected chi connectivity index (χ1v) is 12.8. The summed E-state index contributed by atoms with van der Waals surface area (Å²) in [5, 5.41) is 12.7. The number of carbonyl (C=O) groups is 2. The standard InChI is InChI=1S/C28H28Cl2N2O4/c29-21-15-20(16-22(30)17-21)27(33)32-26(28(34)35)14-18-7-11-24(12-8-18)36-13-3-5-23-10-9-19-4-1-2-6-25(19)31-23/h7-12,15-17,26H,1-6,13-14H2,(H,32,33)(H,34,35). The van der Waals surface area contributed by atoms with Gasteiger partial charge in [-0.3, -0.25) is 9.78 Å². The first kappa shape index (κ1) is 26.0. The molecule has 0 fully saturated rings. The Labute approximate surface area is 220 Å². The van der Waals surface area contributed by atoms with Gasteiger partial charge in [0, 0.05) is 33.4 Å². The van der Waals surface area contributed by atoms with E-state index in [1.54, 1.807) is 12.1 Å². The minimum atomic E-state index is -1.13. The molecule has 6 nitrogen and oxygen atoms in total. The molecule has 4 rings (SSSR count). The number of benzene rings is 2. The Morgan fingerprint density at radius 1 is 1.00 bits per heavy atom. The number of carboxylic acid groups (broad SMARTS) is 1. The van der Waals surface area contributed by atoms with E-state index < -0.39 is 17.9 Å². The highest BCUT2D eigenvalue weighted by molar-refractivity contribution is 6.35. The van der Waals surface area contributed by atoms with Gasteiger partial charge < -0.3 is 15.2 Å². The van der Waals surface area contributed by atoms with E-state index in [0.29, 0.717) is 22.4 Å². The van der Waals surface area contributed by atoms with Crippen molar-refractivity contribution in [1.29, 1.82) is 0 Å². The highest BCUT2D eigenvalue weighted by atomic mass is 35.5. The summed E-state index contributed by atoms with van der Waals surface area (Å²) in [6.07, 6.45) is 6.53. The average molecular weight is 527 g/mol. The molecule has 0 aliphatic heterocycles. The van der Waals surface area contributed by atoms with Crippen LogP contribution in [-0.2, 0) is 30.5 Å².